The van der Waals surface area contributed by atoms with Crippen molar-refractivity contribution in [2.75, 3.05) is 5.73 Å². The minimum atomic E-state index is -0.178. The summed E-state index contributed by atoms with van der Waals surface area (Å²) in [4.78, 5) is 0. The maximum absolute atomic E-state index is 5.94. The molecule has 0 atom stereocenters. The number of ether oxygens (including phenoxy) is 2. The molecule has 6 heteroatoms. The number of rotatable bonds is 3. The first-order valence-electron chi connectivity index (χ1n) is 6.05. The molecule has 0 radical (unpaired) electrons. The van der Waals surface area contributed by atoms with Gasteiger partial charge < -0.3 is 15.2 Å². The third-order valence-corrected chi connectivity index (χ3v) is 3.60. The second-order valence-electron chi connectivity index (χ2n) is 5.16. The molecule has 5 nitrogen and oxygen atoms in total. The van der Waals surface area contributed by atoms with Crippen LogP contribution in [0.5, 0.6) is 11.5 Å². The van der Waals surface area contributed by atoms with E-state index in [1.54, 1.807) is 0 Å². The summed E-state index contributed by atoms with van der Waals surface area (Å²) in [7, 11) is 0. The van der Waals surface area contributed by atoms with Crippen LogP contribution in [0, 0.1) is 0 Å². The van der Waals surface area contributed by atoms with Crippen molar-refractivity contribution >= 4 is 16.5 Å². The first kappa shape index (κ1) is 12.2. The van der Waals surface area contributed by atoms with Gasteiger partial charge in [-0.3, -0.25) is 0 Å². The largest absolute Gasteiger partial charge is 0.483 e. The zero-order valence-corrected chi connectivity index (χ0v) is 11.7. The molecule has 2 heterocycles. The summed E-state index contributed by atoms with van der Waals surface area (Å²) in [6.45, 7) is 4.45. The fourth-order valence-electron chi connectivity index (χ4n) is 2.16. The van der Waals surface area contributed by atoms with E-state index in [2.05, 4.69) is 29.5 Å². The van der Waals surface area contributed by atoms with Gasteiger partial charge in [0.1, 0.15) is 22.9 Å². The number of aromatic nitrogens is 2. The van der Waals surface area contributed by atoms with E-state index in [-0.39, 0.29) is 5.60 Å². The molecule has 19 heavy (non-hydrogen) atoms. The number of nitrogens with two attached hydrogens (primary N) is 1. The molecule has 1 aromatic carbocycles. The lowest BCUT2D eigenvalue weighted by atomic mass is 10.0. The Morgan fingerprint density at radius 3 is 3.05 bits per heavy atom. The van der Waals surface area contributed by atoms with E-state index in [0.717, 1.165) is 17.9 Å². The Morgan fingerprint density at radius 2 is 2.32 bits per heavy atom. The van der Waals surface area contributed by atoms with Gasteiger partial charge in [-0.1, -0.05) is 16.6 Å². The molecule has 0 spiro atoms. The van der Waals surface area contributed by atoms with E-state index in [4.69, 9.17) is 15.2 Å². The first-order valence-corrected chi connectivity index (χ1v) is 6.83. The Labute approximate surface area is 115 Å². The zero-order valence-electron chi connectivity index (χ0n) is 10.8. The van der Waals surface area contributed by atoms with E-state index in [9.17, 15) is 0 Å². The van der Waals surface area contributed by atoms with Crippen LogP contribution < -0.4 is 15.2 Å². The van der Waals surface area contributed by atoms with Crippen molar-refractivity contribution in [3.63, 3.8) is 0 Å². The van der Waals surface area contributed by atoms with Crippen molar-refractivity contribution in [1.29, 1.82) is 0 Å². The number of benzene rings is 1. The van der Waals surface area contributed by atoms with Crippen LogP contribution >= 0.6 is 11.5 Å². The number of nitrogens with zero attached hydrogens (tertiary/aromatic N) is 2. The Hall–Kier alpha value is -1.82. The van der Waals surface area contributed by atoms with Crippen LogP contribution in [0.2, 0.25) is 0 Å². The number of hydrogen-bond donors (Lipinski definition) is 1. The molecular weight excluding hydrogens is 262 g/mol. The monoisotopic (exact) mass is 277 g/mol. The zero-order chi connectivity index (χ0) is 13.5. The lowest BCUT2D eigenvalue weighted by molar-refractivity contribution is 0.131. The topological polar surface area (TPSA) is 70.3 Å². The molecule has 2 aromatic rings. The van der Waals surface area contributed by atoms with Crippen LogP contribution in [0.3, 0.4) is 0 Å². The predicted octanol–water partition coefficient (Wildman–Crippen LogP) is 2.41. The van der Waals surface area contributed by atoms with Gasteiger partial charge in [-0.25, -0.2) is 0 Å². The van der Waals surface area contributed by atoms with Crippen molar-refractivity contribution in [1.82, 2.24) is 9.59 Å². The molecule has 1 aliphatic heterocycles. The highest BCUT2D eigenvalue weighted by Crippen LogP contribution is 2.42. The van der Waals surface area contributed by atoms with Gasteiger partial charge in [0.2, 0.25) is 0 Å². The molecule has 0 unspecified atom stereocenters. The summed E-state index contributed by atoms with van der Waals surface area (Å²) in [6, 6.07) is 5.94. The Morgan fingerprint density at radius 1 is 1.47 bits per heavy atom. The lowest BCUT2D eigenvalue weighted by Crippen LogP contribution is -2.24. The number of fused-ring (bicyclic) bond motifs is 1. The van der Waals surface area contributed by atoms with Gasteiger partial charge in [-0.05, 0) is 19.9 Å². The first-order chi connectivity index (χ1) is 9.05. The Balaban J connectivity index is 1.80. The number of anilines is 1. The lowest BCUT2D eigenvalue weighted by Gasteiger charge is -2.18. The van der Waals surface area contributed by atoms with Crippen molar-refractivity contribution in [2.45, 2.75) is 32.5 Å². The van der Waals surface area contributed by atoms with Gasteiger partial charge in [0, 0.05) is 23.5 Å². The smallest absolute Gasteiger partial charge is 0.165 e. The highest BCUT2D eigenvalue weighted by molar-refractivity contribution is 7.09. The summed E-state index contributed by atoms with van der Waals surface area (Å²) < 4.78 is 15.5. The van der Waals surface area contributed by atoms with E-state index >= 15 is 0 Å². The quantitative estimate of drug-likeness (QED) is 0.933. The number of hydrogen-bond acceptors (Lipinski definition) is 6. The highest BCUT2D eigenvalue weighted by Gasteiger charge is 2.32. The standard InChI is InChI=1S/C13H15N3O2S/c1-13(2)6-8-4-3-5-10(11(8)18-13)17-7-9-12(14)19-16-15-9/h3-5H,6-7,14H2,1-2H3. The van der Waals surface area contributed by atoms with Crippen LogP contribution in [-0.2, 0) is 13.0 Å². The predicted molar refractivity (Wildman–Crippen MR) is 73.5 cm³/mol. The molecule has 0 bridgehead atoms. The molecule has 0 fully saturated rings. The SMILES string of the molecule is CC1(C)Cc2cccc(OCc3nnsc3N)c2O1. The molecule has 2 N–H and O–H groups in total. The van der Waals surface area contributed by atoms with Crippen LogP contribution in [0.25, 0.3) is 0 Å². The fourth-order valence-corrected chi connectivity index (χ4v) is 2.60. The maximum Gasteiger partial charge on any atom is 0.165 e. The molecule has 0 saturated carbocycles. The third-order valence-electron chi connectivity index (χ3n) is 3.00. The van der Waals surface area contributed by atoms with Gasteiger partial charge in [-0.2, -0.15) is 0 Å². The van der Waals surface area contributed by atoms with Crippen LogP contribution in [0.4, 0.5) is 5.00 Å². The average molecular weight is 277 g/mol. The van der Waals surface area contributed by atoms with Crippen molar-refractivity contribution in [3.05, 3.63) is 29.5 Å². The highest BCUT2D eigenvalue weighted by atomic mass is 32.1. The Bertz CT molecular complexity index is 610. The molecule has 0 amide bonds. The molecule has 1 aromatic heterocycles. The third kappa shape index (κ3) is 2.35. The molecular formula is C13H15N3O2S. The molecule has 3 rings (SSSR count). The minimum Gasteiger partial charge on any atom is -0.483 e. The normalized spacial score (nSPS) is 15.9. The average Bonchev–Trinajstić information content (AvgIpc) is 2.88. The molecule has 0 saturated heterocycles. The van der Waals surface area contributed by atoms with Crippen molar-refractivity contribution in [3.8, 4) is 11.5 Å². The van der Waals surface area contributed by atoms with Gasteiger partial charge in [0.25, 0.3) is 0 Å². The fraction of sp³-hybridized carbons (Fsp3) is 0.385. The van der Waals surface area contributed by atoms with Gasteiger partial charge in [0.15, 0.2) is 11.5 Å². The van der Waals surface area contributed by atoms with Crippen molar-refractivity contribution < 1.29 is 9.47 Å². The van der Waals surface area contributed by atoms with Crippen LogP contribution in [0.1, 0.15) is 25.1 Å². The minimum absolute atomic E-state index is 0.178. The molecule has 100 valence electrons. The van der Waals surface area contributed by atoms with Crippen molar-refractivity contribution in [2.24, 2.45) is 0 Å². The van der Waals surface area contributed by atoms with E-state index in [1.807, 2.05) is 12.1 Å². The Kier molecular flexibility index (Phi) is 2.82. The number of nitrogen functional groups attached to an aromatic ring is 1. The van der Waals surface area contributed by atoms with Crippen LogP contribution in [0.15, 0.2) is 18.2 Å². The van der Waals surface area contributed by atoms with E-state index < -0.39 is 0 Å². The van der Waals surface area contributed by atoms with Gasteiger partial charge in [-0.15, -0.1) is 5.10 Å². The second-order valence-corrected chi connectivity index (χ2v) is 5.94. The van der Waals surface area contributed by atoms with Crippen LogP contribution in [-0.4, -0.2) is 15.2 Å². The summed E-state index contributed by atoms with van der Waals surface area (Å²) in [5, 5.41) is 4.52. The summed E-state index contributed by atoms with van der Waals surface area (Å²) in [5.74, 6) is 1.56. The summed E-state index contributed by atoms with van der Waals surface area (Å²) >= 11 is 1.17. The maximum atomic E-state index is 5.94. The summed E-state index contributed by atoms with van der Waals surface area (Å²) in [6.07, 6.45) is 0.889. The van der Waals surface area contributed by atoms with Gasteiger partial charge >= 0.3 is 0 Å². The molecule has 1 aliphatic rings. The van der Waals surface area contributed by atoms with E-state index in [0.29, 0.717) is 17.3 Å². The van der Waals surface area contributed by atoms with Gasteiger partial charge in [0.05, 0.1) is 0 Å². The second kappa shape index (κ2) is 4.38. The summed E-state index contributed by atoms with van der Waals surface area (Å²) in [5.41, 5.74) is 7.40. The number of para-hydroxylation sites is 1. The van der Waals surface area contributed by atoms with E-state index in [1.165, 1.54) is 17.1 Å². The molecule has 0 aliphatic carbocycles.